The van der Waals surface area contributed by atoms with Gasteiger partial charge in [-0.15, -0.1) is 24.0 Å². The minimum Gasteiger partial charge on any atom is -0.467 e. The van der Waals surface area contributed by atoms with E-state index in [0.29, 0.717) is 6.54 Å². The summed E-state index contributed by atoms with van der Waals surface area (Å²) in [5, 5.41) is 6.51. The van der Waals surface area contributed by atoms with E-state index in [4.69, 9.17) is 9.15 Å². The van der Waals surface area contributed by atoms with E-state index in [-0.39, 0.29) is 24.0 Å². The standard InChI is InChI=1S/C13H22N4O2.HI/c1-14-13(16-11-12-3-2-8-19-12)15-4-5-17-6-9-18-10-7-17;/h2-3,8H,4-7,9-11H2,1H3,(H2,14,15,16);1H. The molecule has 0 aromatic carbocycles. The van der Waals surface area contributed by atoms with Crippen LogP contribution in [0.25, 0.3) is 0 Å². The molecule has 2 heterocycles. The minimum atomic E-state index is 0. The molecule has 2 rings (SSSR count). The number of aliphatic imine (C=N–C) groups is 1. The monoisotopic (exact) mass is 394 g/mol. The summed E-state index contributed by atoms with van der Waals surface area (Å²) in [6.45, 7) is 6.23. The molecule has 0 atom stereocenters. The van der Waals surface area contributed by atoms with Gasteiger partial charge in [0.05, 0.1) is 26.0 Å². The molecule has 1 aromatic heterocycles. The third kappa shape index (κ3) is 6.10. The van der Waals surface area contributed by atoms with Crippen molar-refractivity contribution in [1.82, 2.24) is 15.5 Å². The number of halogens is 1. The van der Waals surface area contributed by atoms with Crippen LogP contribution in [0.5, 0.6) is 0 Å². The first kappa shape index (κ1) is 17.3. The lowest BCUT2D eigenvalue weighted by Gasteiger charge is -2.26. The quantitative estimate of drug-likeness (QED) is 0.442. The smallest absolute Gasteiger partial charge is 0.191 e. The molecule has 20 heavy (non-hydrogen) atoms. The summed E-state index contributed by atoms with van der Waals surface area (Å²) in [6.07, 6.45) is 1.67. The maximum Gasteiger partial charge on any atom is 0.191 e. The summed E-state index contributed by atoms with van der Waals surface area (Å²) in [5.74, 6) is 1.70. The molecule has 0 saturated carbocycles. The number of ether oxygens (including phenoxy) is 1. The Morgan fingerprint density at radius 3 is 2.80 bits per heavy atom. The number of morpholine rings is 1. The van der Waals surface area contributed by atoms with Crippen LogP contribution in [0.4, 0.5) is 0 Å². The Balaban J connectivity index is 0.00000200. The van der Waals surface area contributed by atoms with E-state index in [9.17, 15) is 0 Å². The van der Waals surface area contributed by atoms with Crippen LogP contribution in [-0.4, -0.2) is 57.3 Å². The average Bonchev–Trinajstić information content (AvgIpc) is 2.97. The van der Waals surface area contributed by atoms with Gasteiger partial charge in [0.15, 0.2) is 5.96 Å². The zero-order valence-corrected chi connectivity index (χ0v) is 14.1. The van der Waals surface area contributed by atoms with Crippen molar-refractivity contribution in [2.24, 2.45) is 4.99 Å². The first-order chi connectivity index (χ1) is 9.38. The highest BCUT2D eigenvalue weighted by molar-refractivity contribution is 14.0. The van der Waals surface area contributed by atoms with Gasteiger partial charge in [-0.1, -0.05) is 0 Å². The van der Waals surface area contributed by atoms with Gasteiger partial charge in [-0.2, -0.15) is 0 Å². The summed E-state index contributed by atoms with van der Waals surface area (Å²) in [4.78, 5) is 6.56. The number of nitrogens with zero attached hydrogens (tertiary/aromatic N) is 2. The molecular formula is C13H23IN4O2. The van der Waals surface area contributed by atoms with Crippen LogP contribution >= 0.6 is 24.0 Å². The fraction of sp³-hybridized carbons (Fsp3) is 0.615. The Hall–Kier alpha value is -0.800. The molecular weight excluding hydrogens is 371 g/mol. The van der Waals surface area contributed by atoms with E-state index in [0.717, 1.165) is 51.1 Å². The lowest BCUT2D eigenvalue weighted by atomic mass is 10.4. The van der Waals surface area contributed by atoms with Crippen LogP contribution in [0.2, 0.25) is 0 Å². The molecule has 0 bridgehead atoms. The van der Waals surface area contributed by atoms with Crippen molar-refractivity contribution in [3.05, 3.63) is 24.2 Å². The summed E-state index contributed by atoms with van der Waals surface area (Å²) in [6, 6.07) is 3.82. The van der Waals surface area contributed by atoms with E-state index in [1.165, 1.54) is 0 Å². The molecule has 1 fully saturated rings. The molecule has 1 aromatic rings. The number of hydrogen-bond acceptors (Lipinski definition) is 4. The number of rotatable bonds is 5. The Morgan fingerprint density at radius 2 is 2.15 bits per heavy atom. The van der Waals surface area contributed by atoms with Gasteiger partial charge in [0, 0.05) is 33.2 Å². The molecule has 0 aliphatic carbocycles. The molecule has 0 radical (unpaired) electrons. The van der Waals surface area contributed by atoms with Crippen LogP contribution in [0.3, 0.4) is 0 Å². The van der Waals surface area contributed by atoms with Gasteiger partial charge in [0.2, 0.25) is 0 Å². The molecule has 1 saturated heterocycles. The second-order valence-electron chi connectivity index (χ2n) is 4.39. The molecule has 7 heteroatoms. The molecule has 2 N–H and O–H groups in total. The van der Waals surface area contributed by atoms with E-state index in [2.05, 4.69) is 20.5 Å². The highest BCUT2D eigenvalue weighted by Crippen LogP contribution is 1.98. The second kappa shape index (κ2) is 10.0. The predicted molar refractivity (Wildman–Crippen MR) is 89.6 cm³/mol. The summed E-state index contributed by atoms with van der Waals surface area (Å²) >= 11 is 0. The highest BCUT2D eigenvalue weighted by atomic mass is 127. The van der Waals surface area contributed by atoms with Crippen LogP contribution < -0.4 is 10.6 Å². The molecule has 0 amide bonds. The largest absolute Gasteiger partial charge is 0.467 e. The highest BCUT2D eigenvalue weighted by Gasteiger charge is 2.09. The first-order valence-corrected chi connectivity index (χ1v) is 6.65. The topological polar surface area (TPSA) is 62.0 Å². The first-order valence-electron chi connectivity index (χ1n) is 6.65. The van der Waals surface area contributed by atoms with Crippen molar-refractivity contribution in [1.29, 1.82) is 0 Å². The van der Waals surface area contributed by atoms with Crippen molar-refractivity contribution < 1.29 is 9.15 Å². The Kier molecular flexibility index (Phi) is 8.63. The van der Waals surface area contributed by atoms with E-state index >= 15 is 0 Å². The normalized spacial score (nSPS) is 16.6. The Bertz CT molecular complexity index is 378. The summed E-state index contributed by atoms with van der Waals surface area (Å²) in [5.41, 5.74) is 0. The molecule has 1 aliphatic heterocycles. The number of hydrogen-bond donors (Lipinski definition) is 2. The number of furan rings is 1. The Labute approximate surface area is 137 Å². The summed E-state index contributed by atoms with van der Waals surface area (Å²) < 4.78 is 10.6. The second-order valence-corrected chi connectivity index (χ2v) is 4.39. The fourth-order valence-electron chi connectivity index (χ4n) is 1.96. The van der Waals surface area contributed by atoms with Gasteiger partial charge in [0.1, 0.15) is 5.76 Å². The van der Waals surface area contributed by atoms with Crippen LogP contribution in [0, 0.1) is 0 Å². The molecule has 6 nitrogen and oxygen atoms in total. The van der Waals surface area contributed by atoms with Crippen molar-refractivity contribution >= 4 is 29.9 Å². The minimum absolute atomic E-state index is 0. The van der Waals surface area contributed by atoms with Crippen molar-refractivity contribution in [3.63, 3.8) is 0 Å². The maximum absolute atomic E-state index is 5.32. The average molecular weight is 394 g/mol. The zero-order chi connectivity index (χ0) is 13.3. The molecule has 0 unspecified atom stereocenters. The number of nitrogens with one attached hydrogen (secondary N) is 2. The predicted octanol–water partition coefficient (Wildman–Crippen LogP) is 0.895. The van der Waals surface area contributed by atoms with Gasteiger partial charge in [-0.25, -0.2) is 0 Å². The van der Waals surface area contributed by atoms with Crippen LogP contribution in [-0.2, 0) is 11.3 Å². The lowest BCUT2D eigenvalue weighted by Crippen LogP contribution is -2.44. The van der Waals surface area contributed by atoms with Crippen molar-refractivity contribution in [2.45, 2.75) is 6.54 Å². The van der Waals surface area contributed by atoms with Gasteiger partial charge in [0.25, 0.3) is 0 Å². The van der Waals surface area contributed by atoms with Crippen LogP contribution in [0.15, 0.2) is 27.8 Å². The fourth-order valence-corrected chi connectivity index (χ4v) is 1.96. The van der Waals surface area contributed by atoms with Gasteiger partial charge in [-0.3, -0.25) is 9.89 Å². The van der Waals surface area contributed by atoms with E-state index in [1.54, 1.807) is 13.3 Å². The third-order valence-corrected chi connectivity index (χ3v) is 3.06. The zero-order valence-electron chi connectivity index (χ0n) is 11.8. The molecule has 114 valence electrons. The lowest BCUT2D eigenvalue weighted by molar-refractivity contribution is 0.0389. The summed E-state index contributed by atoms with van der Waals surface area (Å²) in [7, 11) is 1.77. The SMILES string of the molecule is CN=C(NCCN1CCOCC1)NCc1ccco1.I. The van der Waals surface area contributed by atoms with E-state index in [1.807, 2.05) is 12.1 Å². The van der Waals surface area contributed by atoms with Crippen molar-refractivity contribution in [2.75, 3.05) is 46.4 Å². The van der Waals surface area contributed by atoms with Gasteiger partial charge >= 0.3 is 0 Å². The van der Waals surface area contributed by atoms with Gasteiger partial charge < -0.3 is 19.8 Å². The Morgan fingerprint density at radius 1 is 1.35 bits per heavy atom. The molecule has 1 aliphatic rings. The van der Waals surface area contributed by atoms with Crippen molar-refractivity contribution in [3.8, 4) is 0 Å². The van der Waals surface area contributed by atoms with E-state index < -0.39 is 0 Å². The number of guanidine groups is 1. The third-order valence-electron chi connectivity index (χ3n) is 3.06. The van der Waals surface area contributed by atoms with Crippen LogP contribution in [0.1, 0.15) is 5.76 Å². The van der Waals surface area contributed by atoms with Gasteiger partial charge in [-0.05, 0) is 12.1 Å². The maximum atomic E-state index is 5.32. The molecule has 0 spiro atoms.